The highest BCUT2D eigenvalue weighted by Crippen LogP contribution is 2.50. The highest BCUT2D eigenvalue weighted by Gasteiger charge is 2.39. The van der Waals surface area contributed by atoms with E-state index in [4.69, 9.17) is 0 Å². The van der Waals surface area contributed by atoms with Crippen molar-refractivity contribution in [2.75, 3.05) is 5.32 Å². The topological polar surface area (TPSA) is 49.3 Å². The van der Waals surface area contributed by atoms with E-state index < -0.39 is 5.97 Å². The Labute approximate surface area is 148 Å². The van der Waals surface area contributed by atoms with Gasteiger partial charge in [-0.2, -0.15) is 0 Å². The van der Waals surface area contributed by atoms with E-state index >= 15 is 0 Å². The van der Waals surface area contributed by atoms with Crippen LogP contribution in [0.2, 0.25) is 0 Å². The van der Waals surface area contributed by atoms with Crippen molar-refractivity contribution in [2.24, 2.45) is 5.92 Å². The molecule has 0 amide bonds. The molecule has 0 saturated carbocycles. The molecule has 2 aliphatic rings. The molecule has 0 spiro atoms. The quantitative estimate of drug-likeness (QED) is 0.545. The maximum absolute atomic E-state index is 11.6. The third-order valence-electron chi connectivity index (χ3n) is 4.85. The first kappa shape index (κ1) is 14.8. The number of carboxylic acid groups (broad SMARTS) is 1. The summed E-state index contributed by atoms with van der Waals surface area (Å²) in [5, 5.41) is 13.1. The summed E-state index contributed by atoms with van der Waals surface area (Å²) in [6.07, 6.45) is 5.47. The highest BCUT2D eigenvalue weighted by atomic mass is 127. The van der Waals surface area contributed by atoms with Crippen LogP contribution >= 0.6 is 22.6 Å². The number of carboxylic acids is 1. The Balaban J connectivity index is 1.83. The predicted molar refractivity (Wildman–Crippen MR) is 98.9 cm³/mol. The highest BCUT2D eigenvalue weighted by molar-refractivity contribution is 14.1. The van der Waals surface area contributed by atoms with Crippen LogP contribution in [0.1, 0.15) is 39.9 Å². The summed E-state index contributed by atoms with van der Waals surface area (Å²) >= 11 is 2.34. The van der Waals surface area contributed by atoms with Crippen LogP contribution in [-0.2, 0) is 0 Å². The first-order chi connectivity index (χ1) is 11.1. The molecule has 4 heteroatoms. The van der Waals surface area contributed by atoms with Crippen molar-refractivity contribution >= 4 is 34.2 Å². The number of benzene rings is 2. The maximum Gasteiger partial charge on any atom is 0.336 e. The Morgan fingerprint density at radius 2 is 2.00 bits per heavy atom. The first-order valence-electron chi connectivity index (χ1n) is 7.70. The molecule has 3 atom stereocenters. The van der Waals surface area contributed by atoms with E-state index in [1.54, 1.807) is 12.1 Å². The molecule has 23 heavy (non-hydrogen) atoms. The summed E-state index contributed by atoms with van der Waals surface area (Å²) < 4.78 is 1.23. The number of hydrogen-bond acceptors (Lipinski definition) is 2. The molecule has 2 aromatic rings. The van der Waals surface area contributed by atoms with Crippen LogP contribution in [0.3, 0.4) is 0 Å². The number of aromatic carboxylic acids is 1. The summed E-state index contributed by atoms with van der Waals surface area (Å²) in [5.41, 5.74) is 3.70. The molecule has 1 aliphatic carbocycles. The Morgan fingerprint density at radius 1 is 1.17 bits per heavy atom. The zero-order valence-corrected chi connectivity index (χ0v) is 14.5. The minimum Gasteiger partial charge on any atom is -0.478 e. The molecule has 0 aromatic heterocycles. The van der Waals surface area contributed by atoms with Crippen molar-refractivity contribution in [3.63, 3.8) is 0 Å². The average Bonchev–Trinajstić information content (AvgIpc) is 3.04. The van der Waals surface area contributed by atoms with E-state index in [1.165, 1.54) is 9.13 Å². The second kappa shape index (κ2) is 5.67. The van der Waals surface area contributed by atoms with Gasteiger partial charge in [-0.1, -0.05) is 30.4 Å². The van der Waals surface area contributed by atoms with Gasteiger partial charge in [0.1, 0.15) is 0 Å². The van der Waals surface area contributed by atoms with Crippen LogP contribution in [-0.4, -0.2) is 11.1 Å². The Bertz CT molecular complexity index is 815. The lowest BCUT2D eigenvalue weighted by Crippen LogP contribution is -2.30. The van der Waals surface area contributed by atoms with Gasteiger partial charge >= 0.3 is 5.97 Å². The number of carbonyl (C=O) groups is 1. The van der Waals surface area contributed by atoms with Crippen LogP contribution < -0.4 is 5.32 Å². The smallest absolute Gasteiger partial charge is 0.336 e. The lowest BCUT2D eigenvalue weighted by Gasteiger charge is -2.38. The Morgan fingerprint density at radius 3 is 2.83 bits per heavy atom. The minimum atomic E-state index is -0.863. The van der Waals surface area contributed by atoms with Crippen molar-refractivity contribution in [3.8, 4) is 0 Å². The molecule has 2 aromatic carbocycles. The van der Waals surface area contributed by atoms with E-state index in [-0.39, 0.29) is 6.04 Å². The van der Waals surface area contributed by atoms with Crippen molar-refractivity contribution in [2.45, 2.75) is 18.4 Å². The number of nitrogens with one attached hydrogen (secondary N) is 1. The van der Waals surface area contributed by atoms with Crippen LogP contribution in [0.4, 0.5) is 5.69 Å². The van der Waals surface area contributed by atoms with E-state index in [0.29, 0.717) is 17.4 Å². The van der Waals surface area contributed by atoms with Gasteiger partial charge in [0, 0.05) is 15.2 Å². The standard InChI is InChI=1S/C19H16INO2/c20-11-8-9-17-16(10-11)12-6-3-7-13(12)18(21-17)14-4-1-2-5-15(14)19(22)23/h1-6,8-10,12-13,18,21H,7H2,(H,22,23)/t12-,13-,18+/m0/s1. The van der Waals surface area contributed by atoms with E-state index in [1.807, 2.05) is 12.1 Å². The molecule has 116 valence electrons. The Hall–Kier alpha value is -1.82. The molecule has 3 nitrogen and oxygen atoms in total. The van der Waals surface area contributed by atoms with E-state index in [2.05, 4.69) is 58.3 Å². The molecule has 0 unspecified atom stereocenters. The Kier molecular flexibility index (Phi) is 3.64. The largest absolute Gasteiger partial charge is 0.478 e. The van der Waals surface area contributed by atoms with Crippen LogP contribution in [0.25, 0.3) is 0 Å². The van der Waals surface area contributed by atoms with Crippen LogP contribution in [0.15, 0.2) is 54.6 Å². The normalized spacial score (nSPS) is 24.7. The van der Waals surface area contributed by atoms with E-state index in [0.717, 1.165) is 17.7 Å². The number of fused-ring (bicyclic) bond motifs is 3. The maximum atomic E-state index is 11.6. The number of anilines is 1. The minimum absolute atomic E-state index is 0.0230. The van der Waals surface area contributed by atoms with Gasteiger partial charge in [0.2, 0.25) is 0 Å². The average molecular weight is 417 g/mol. The van der Waals surface area contributed by atoms with E-state index in [9.17, 15) is 9.90 Å². The second-order valence-corrected chi connectivity index (χ2v) is 7.35. The first-order valence-corrected chi connectivity index (χ1v) is 8.78. The molecule has 0 bridgehead atoms. The van der Waals surface area contributed by atoms with Gasteiger partial charge in [0.25, 0.3) is 0 Å². The van der Waals surface area contributed by atoms with Crippen LogP contribution in [0, 0.1) is 9.49 Å². The fourth-order valence-corrected chi connectivity index (χ4v) is 4.35. The molecular formula is C19H16INO2. The van der Waals surface area contributed by atoms with Crippen molar-refractivity contribution in [3.05, 3.63) is 74.9 Å². The third kappa shape index (κ3) is 2.45. The van der Waals surface area contributed by atoms with Crippen molar-refractivity contribution in [1.29, 1.82) is 0 Å². The number of halogens is 1. The van der Waals surface area contributed by atoms with Gasteiger partial charge < -0.3 is 10.4 Å². The number of hydrogen-bond donors (Lipinski definition) is 2. The zero-order chi connectivity index (χ0) is 16.0. The molecule has 0 fully saturated rings. The molecule has 4 rings (SSSR count). The summed E-state index contributed by atoms with van der Waals surface area (Å²) in [7, 11) is 0. The molecule has 2 N–H and O–H groups in total. The van der Waals surface area contributed by atoms with Gasteiger partial charge in [-0.25, -0.2) is 4.79 Å². The van der Waals surface area contributed by atoms with Gasteiger partial charge in [-0.05, 0) is 70.3 Å². The summed E-state index contributed by atoms with van der Waals surface area (Å²) in [6.45, 7) is 0. The lowest BCUT2D eigenvalue weighted by atomic mass is 9.76. The number of rotatable bonds is 2. The second-order valence-electron chi connectivity index (χ2n) is 6.10. The van der Waals surface area contributed by atoms with Gasteiger partial charge in [-0.3, -0.25) is 0 Å². The molecule has 0 radical (unpaired) electrons. The molecule has 1 heterocycles. The lowest BCUT2D eigenvalue weighted by molar-refractivity contribution is 0.0694. The summed E-state index contributed by atoms with van der Waals surface area (Å²) in [5.74, 6) is -0.146. The van der Waals surface area contributed by atoms with Crippen molar-refractivity contribution in [1.82, 2.24) is 0 Å². The monoisotopic (exact) mass is 417 g/mol. The van der Waals surface area contributed by atoms with Gasteiger partial charge in [0.05, 0.1) is 11.6 Å². The molecule has 0 saturated heterocycles. The number of allylic oxidation sites excluding steroid dienone is 2. The third-order valence-corrected chi connectivity index (χ3v) is 5.52. The summed E-state index contributed by atoms with van der Waals surface area (Å²) in [6, 6.07) is 13.8. The van der Waals surface area contributed by atoms with Crippen molar-refractivity contribution < 1.29 is 9.90 Å². The summed E-state index contributed by atoms with van der Waals surface area (Å²) in [4.78, 5) is 11.6. The van der Waals surface area contributed by atoms with Gasteiger partial charge in [0.15, 0.2) is 0 Å². The van der Waals surface area contributed by atoms with Crippen LogP contribution in [0.5, 0.6) is 0 Å². The fraction of sp³-hybridized carbons (Fsp3) is 0.211. The SMILES string of the molecule is O=C(O)c1ccccc1[C@@H]1Nc2ccc(I)cc2[C@H]2C=CC[C@@H]21. The van der Waals surface area contributed by atoms with Gasteiger partial charge in [-0.15, -0.1) is 0 Å². The predicted octanol–water partition coefficient (Wildman–Crippen LogP) is 4.82. The zero-order valence-electron chi connectivity index (χ0n) is 12.4. The molecule has 1 aliphatic heterocycles. The fourth-order valence-electron chi connectivity index (χ4n) is 3.84. The molecular weight excluding hydrogens is 401 g/mol.